The summed E-state index contributed by atoms with van der Waals surface area (Å²) in [5.41, 5.74) is 2.10. The quantitative estimate of drug-likeness (QED) is 0.616. The van der Waals surface area contributed by atoms with Crippen LogP contribution in [0.3, 0.4) is 0 Å². The minimum absolute atomic E-state index is 0. The Balaban J connectivity index is 0.00000169. The van der Waals surface area contributed by atoms with Crippen molar-refractivity contribution in [2.24, 2.45) is 29.1 Å². The molecule has 0 heterocycles. The molecule has 1 N–H and O–H groups in total. The number of fused-ring (bicyclic) bond motifs is 5. The molecule has 4 rings (SSSR count). The molecule has 6 atom stereocenters. The molecule has 4 aliphatic rings. The molecule has 0 radical (unpaired) electrons. The van der Waals surface area contributed by atoms with Crippen LogP contribution in [0.15, 0.2) is 16.7 Å². The van der Waals surface area contributed by atoms with Crippen molar-refractivity contribution in [2.75, 3.05) is 0 Å². The number of hydrogen-bond donors (Lipinski definition) is 1. The molecular weight excluding hydrogens is 373 g/mol. The van der Waals surface area contributed by atoms with Crippen LogP contribution < -0.4 is 0 Å². The second-order valence-corrected chi connectivity index (χ2v) is 8.89. The fraction of sp³-hybridized carbons (Fsp3) is 0.762. The molecule has 0 aliphatic heterocycles. The van der Waals surface area contributed by atoms with Crippen LogP contribution in [0.4, 0.5) is 0 Å². The maximum absolute atomic E-state index is 12.1. The first-order valence-corrected chi connectivity index (χ1v) is 9.38. The number of allylic oxidation sites excluding steroid dienone is 2. The molecule has 4 aliphatic carbocycles. The second-order valence-electron chi connectivity index (χ2n) is 8.89. The second kappa shape index (κ2) is 6.13. The largest absolute Gasteiger partial charge is 3.00 e. The van der Waals surface area contributed by atoms with Crippen LogP contribution in [0.1, 0.15) is 66.2 Å². The van der Waals surface area contributed by atoms with Gasteiger partial charge in [0, 0.05) is 5.78 Å². The topological polar surface area (TPSA) is 37.3 Å². The van der Waals surface area contributed by atoms with Gasteiger partial charge in [0.2, 0.25) is 0 Å². The molecule has 0 spiro atoms. The predicted octanol–water partition coefficient (Wildman–Crippen LogP) is 4.24. The molecule has 3 saturated carbocycles. The Kier molecular flexibility index (Phi) is 4.85. The van der Waals surface area contributed by atoms with Gasteiger partial charge in [-0.2, -0.15) is 11.6 Å². The monoisotopic (exact) mass is 402 g/mol. The van der Waals surface area contributed by atoms with E-state index in [1.807, 2.05) is 13.8 Å². The van der Waals surface area contributed by atoms with Crippen LogP contribution in [0, 0.1) is 35.2 Å². The summed E-state index contributed by atoms with van der Waals surface area (Å²) in [5.74, 6) is 2.41. The smallest absolute Gasteiger partial charge is 0.384 e. The number of Topliss-reactive ketones (excluding diaryl/α,β-unsaturated/α-hetero) is 1. The van der Waals surface area contributed by atoms with Crippen LogP contribution in [0.5, 0.6) is 0 Å². The molecule has 6 unspecified atom stereocenters. The van der Waals surface area contributed by atoms with E-state index in [4.69, 9.17) is 0 Å². The van der Waals surface area contributed by atoms with Gasteiger partial charge in [0.15, 0.2) is 0 Å². The summed E-state index contributed by atoms with van der Waals surface area (Å²) in [5, 5.41) is 11.7. The Morgan fingerprint density at radius 3 is 2.54 bits per heavy atom. The minimum Gasteiger partial charge on any atom is -0.384 e. The molecule has 0 aromatic carbocycles. The van der Waals surface area contributed by atoms with Gasteiger partial charge in [-0.1, -0.05) is 20.8 Å². The van der Waals surface area contributed by atoms with Crippen LogP contribution in [0.2, 0.25) is 0 Å². The molecule has 0 saturated heterocycles. The van der Waals surface area contributed by atoms with E-state index in [2.05, 4.69) is 19.9 Å². The first-order chi connectivity index (χ1) is 10.8. The van der Waals surface area contributed by atoms with Gasteiger partial charge in [-0.3, -0.25) is 0 Å². The maximum Gasteiger partial charge on any atom is 3.00 e. The Morgan fingerprint density at radius 1 is 1.12 bits per heavy atom. The van der Waals surface area contributed by atoms with Gasteiger partial charge in [0.25, 0.3) is 0 Å². The first kappa shape index (κ1) is 19.0. The molecule has 3 heteroatoms. The number of rotatable bonds is 0. The number of hydrogen-bond acceptors (Lipinski definition) is 2. The standard InChI is InChI=1S/C21H29O2.Y/c1-12-5-7-17-15-6-8-16-14(3)19(22)11-13(2)21(16,23)18(15)9-10-20(12,17)4;/h12,15,17-18,23H,5-10H2,1-4H3;/q-1;+3. The van der Waals surface area contributed by atoms with Gasteiger partial charge in [0.1, 0.15) is 0 Å². The number of ketones is 1. The average molecular weight is 402 g/mol. The van der Waals surface area contributed by atoms with Crippen molar-refractivity contribution in [3.8, 4) is 0 Å². The third-order valence-electron chi connectivity index (χ3n) is 8.30. The third kappa shape index (κ3) is 2.28. The summed E-state index contributed by atoms with van der Waals surface area (Å²) in [6.45, 7) is 8.71. The summed E-state index contributed by atoms with van der Waals surface area (Å²) in [6.07, 6.45) is 9.94. The Morgan fingerprint density at radius 2 is 1.83 bits per heavy atom. The zero-order chi connectivity index (χ0) is 16.6. The number of aliphatic hydroxyl groups is 1. The van der Waals surface area contributed by atoms with Crippen molar-refractivity contribution in [1.82, 2.24) is 0 Å². The van der Waals surface area contributed by atoms with E-state index < -0.39 is 5.60 Å². The number of carbonyl (C=O) groups is 1. The normalized spacial score (nSPS) is 47.4. The van der Waals surface area contributed by atoms with Crippen molar-refractivity contribution in [3.63, 3.8) is 0 Å². The molecule has 0 bridgehead atoms. The number of carbonyl (C=O) groups excluding carboxylic acids is 1. The van der Waals surface area contributed by atoms with E-state index in [0.29, 0.717) is 11.3 Å². The van der Waals surface area contributed by atoms with Gasteiger partial charge in [0.05, 0.1) is 5.60 Å². The average Bonchev–Trinajstić information content (AvgIpc) is 2.81. The van der Waals surface area contributed by atoms with Gasteiger partial charge < -0.3 is 9.90 Å². The fourth-order valence-electron chi connectivity index (χ4n) is 6.67. The van der Waals surface area contributed by atoms with Gasteiger partial charge >= 0.3 is 32.7 Å². The van der Waals surface area contributed by atoms with E-state index in [0.717, 1.165) is 47.8 Å². The summed E-state index contributed by atoms with van der Waals surface area (Å²) < 4.78 is 0. The van der Waals surface area contributed by atoms with E-state index in [1.54, 1.807) is 0 Å². The zero-order valence-electron chi connectivity index (χ0n) is 15.5. The van der Waals surface area contributed by atoms with Crippen molar-refractivity contribution in [3.05, 3.63) is 22.8 Å². The fourth-order valence-corrected chi connectivity index (χ4v) is 6.67. The summed E-state index contributed by atoms with van der Waals surface area (Å²) in [4.78, 5) is 12.1. The van der Waals surface area contributed by atoms with Crippen molar-refractivity contribution < 1.29 is 42.6 Å². The molecular formula is C21H29O2Y+2. The third-order valence-corrected chi connectivity index (χ3v) is 8.30. The Bertz CT molecular complexity index is 634. The van der Waals surface area contributed by atoms with E-state index >= 15 is 0 Å². The molecule has 126 valence electrons. The molecule has 24 heavy (non-hydrogen) atoms. The first-order valence-electron chi connectivity index (χ1n) is 9.38. The zero-order valence-corrected chi connectivity index (χ0v) is 18.3. The van der Waals surface area contributed by atoms with Gasteiger partial charge in [-0.25, -0.2) is 0 Å². The van der Waals surface area contributed by atoms with E-state index in [9.17, 15) is 9.90 Å². The van der Waals surface area contributed by atoms with Crippen LogP contribution in [-0.2, 0) is 37.5 Å². The van der Waals surface area contributed by atoms with Crippen LogP contribution in [0.25, 0.3) is 0 Å². The molecule has 0 amide bonds. The van der Waals surface area contributed by atoms with Crippen LogP contribution in [-0.4, -0.2) is 16.5 Å². The molecule has 3 fully saturated rings. The van der Waals surface area contributed by atoms with E-state index in [1.165, 1.54) is 19.3 Å². The van der Waals surface area contributed by atoms with Gasteiger partial charge in [-0.15, -0.1) is 18.1 Å². The van der Waals surface area contributed by atoms with Crippen LogP contribution >= 0.6 is 0 Å². The SMILES string of the molecule is CC1=[C-]C(=O)C(C)=C2CCC3C(CCC4(C)C(C)CCC34)C12O.[Y+3]. The van der Waals surface area contributed by atoms with Gasteiger partial charge in [-0.05, 0) is 67.6 Å². The Hall–Kier alpha value is 0.214. The van der Waals surface area contributed by atoms with Crippen molar-refractivity contribution >= 4 is 5.78 Å². The maximum atomic E-state index is 12.1. The summed E-state index contributed by atoms with van der Waals surface area (Å²) >= 11 is 0. The predicted molar refractivity (Wildman–Crippen MR) is 90.5 cm³/mol. The molecule has 0 aromatic heterocycles. The van der Waals surface area contributed by atoms with Crippen molar-refractivity contribution in [2.45, 2.75) is 71.8 Å². The summed E-state index contributed by atoms with van der Waals surface area (Å²) in [7, 11) is 0. The van der Waals surface area contributed by atoms with Crippen molar-refractivity contribution in [1.29, 1.82) is 0 Å². The minimum atomic E-state index is -0.895. The summed E-state index contributed by atoms with van der Waals surface area (Å²) in [6, 6.07) is 0. The Labute approximate surface area is 171 Å². The molecule has 2 nitrogen and oxygen atoms in total. The molecule has 0 aromatic rings. The van der Waals surface area contributed by atoms with E-state index in [-0.39, 0.29) is 44.4 Å².